The highest BCUT2D eigenvalue weighted by atomic mass is 35.5. The predicted molar refractivity (Wildman–Crippen MR) is 101 cm³/mol. The van der Waals surface area contributed by atoms with Crippen LogP contribution in [0.1, 0.15) is 6.42 Å². The van der Waals surface area contributed by atoms with Gasteiger partial charge >= 0.3 is 0 Å². The molecule has 3 rings (SSSR count). The van der Waals surface area contributed by atoms with Crippen molar-refractivity contribution in [1.82, 2.24) is 4.57 Å². The van der Waals surface area contributed by atoms with Crippen molar-refractivity contribution in [3.05, 3.63) is 69.8 Å². The van der Waals surface area contributed by atoms with Crippen LogP contribution in [0, 0.1) is 0 Å². The van der Waals surface area contributed by atoms with E-state index in [1.54, 1.807) is 18.4 Å². The molecule has 0 N–H and O–H groups in total. The number of para-hydroxylation sites is 1. The fraction of sp³-hybridized carbons (Fsp3) is 0.211. The molecular formula is C19H19ClN2OS. The molecule has 5 heteroatoms. The summed E-state index contributed by atoms with van der Waals surface area (Å²) >= 11 is 7.67. The van der Waals surface area contributed by atoms with Crippen LogP contribution in [-0.2, 0) is 11.3 Å². The molecule has 0 bridgehead atoms. The number of hydrogen-bond acceptors (Lipinski definition) is 3. The fourth-order valence-corrected chi connectivity index (χ4v) is 3.55. The average molecular weight is 359 g/mol. The maximum Gasteiger partial charge on any atom is 0.190 e. The van der Waals surface area contributed by atoms with E-state index >= 15 is 0 Å². The Morgan fingerprint density at radius 3 is 2.54 bits per heavy atom. The molecule has 24 heavy (non-hydrogen) atoms. The Kier molecular flexibility index (Phi) is 5.86. The minimum absolute atomic E-state index is 0.730. The molecule has 1 aromatic heterocycles. The highest BCUT2D eigenvalue weighted by Crippen LogP contribution is 2.23. The molecule has 0 unspecified atom stereocenters. The normalized spacial score (nSPS) is 11.8. The maximum atomic E-state index is 6.01. The van der Waals surface area contributed by atoms with Crippen molar-refractivity contribution in [2.75, 3.05) is 13.7 Å². The minimum Gasteiger partial charge on any atom is -0.385 e. The number of thiazole rings is 1. The van der Waals surface area contributed by atoms with E-state index in [-0.39, 0.29) is 0 Å². The molecule has 2 aromatic carbocycles. The molecule has 0 saturated carbocycles. The summed E-state index contributed by atoms with van der Waals surface area (Å²) in [6, 6.07) is 18.0. The molecule has 0 atom stereocenters. The molecule has 0 aliphatic carbocycles. The quantitative estimate of drug-likeness (QED) is 0.560. The lowest BCUT2D eigenvalue weighted by Gasteiger charge is -2.09. The number of hydrogen-bond donors (Lipinski definition) is 0. The first-order chi connectivity index (χ1) is 11.8. The molecule has 0 aliphatic rings. The second-order valence-corrected chi connectivity index (χ2v) is 6.63. The lowest BCUT2D eigenvalue weighted by atomic mass is 10.2. The summed E-state index contributed by atoms with van der Waals surface area (Å²) in [5, 5.41) is 2.90. The summed E-state index contributed by atoms with van der Waals surface area (Å²) in [6.45, 7) is 1.59. The monoisotopic (exact) mass is 358 g/mol. The van der Waals surface area contributed by atoms with Gasteiger partial charge in [0.2, 0.25) is 0 Å². The van der Waals surface area contributed by atoms with E-state index in [4.69, 9.17) is 21.3 Å². The highest BCUT2D eigenvalue weighted by molar-refractivity contribution is 7.07. The van der Waals surface area contributed by atoms with E-state index in [1.807, 2.05) is 54.6 Å². The first kappa shape index (κ1) is 17.0. The number of methoxy groups -OCH3 is 1. The molecular weight excluding hydrogens is 340 g/mol. The Hall–Kier alpha value is -1.88. The van der Waals surface area contributed by atoms with Crippen molar-refractivity contribution in [2.45, 2.75) is 13.0 Å². The van der Waals surface area contributed by atoms with E-state index in [2.05, 4.69) is 9.95 Å². The number of halogens is 1. The summed E-state index contributed by atoms with van der Waals surface area (Å²) in [4.78, 5) is 5.79. The third kappa shape index (κ3) is 4.15. The van der Waals surface area contributed by atoms with Crippen LogP contribution in [0.25, 0.3) is 11.3 Å². The minimum atomic E-state index is 0.730. The molecule has 124 valence electrons. The molecule has 0 radical (unpaired) electrons. The predicted octanol–water partition coefficient (Wildman–Crippen LogP) is 5.14. The van der Waals surface area contributed by atoms with E-state index in [1.165, 1.54) is 0 Å². The van der Waals surface area contributed by atoms with Crippen molar-refractivity contribution < 1.29 is 4.74 Å². The molecule has 0 saturated heterocycles. The van der Waals surface area contributed by atoms with Gasteiger partial charge in [-0.05, 0) is 36.2 Å². The largest absolute Gasteiger partial charge is 0.385 e. The molecule has 1 heterocycles. The number of ether oxygens (including phenoxy) is 1. The molecule has 3 nitrogen and oxygen atoms in total. The van der Waals surface area contributed by atoms with Gasteiger partial charge in [-0.1, -0.05) is 41.9 Å². The third-order valence-electron chi connectivity index (χ3n) is 3.65. The van der Waals surface area contributed by atoms with Crippen molar-refractivity contribution in [3.8, 4) is 11.3 Å². The molecule has 3 aromatic rings. The second kappa shape index (κ2) is 8.29. The number of aromatic nitrogens is 1. The Bertz CT molecular complexity index is 838. The average Bonchev–Trinajstić information content (AvgIpc) is 2.99. The van der Waals surface area contributed by atoms with Crippen LogP contribution in [-0.4, -0.2) is 18.3 Å². The Morgan fingerprint density at radius 2 is 1.83 bits per heavy atom. The smallest absolute Gasteiger partial charge is 0.190 e. The zero-order valence-electron chi connectivity index (χ0n) is 13.5. The van der Waals surface area contributed by atoms with Crippen molar-refractivity contribution >= 4 is 28.6 Å². The summed E-state index contributed by atoms with van der Waals surface area (Å²) in [6.07, 6.45) is 0.940. The Morgan fingerprint density at radius 1 is 1.08 bits per heavy atom. The van der Waals surface area contributed by atoms with Crippen LogP contribution in [0.2, 0.25) is 5.02 Å². The fourth-order valence-electron chi connectivity index (χ4n) is 2.47. The van der Waals surface area contributed by atoms with Gasteiger partial charge in [-0.15, -0.1) is 11.3 Å². The van der Waals surface area contributed by atoms with Gasteiger partial charge in [0, 0.05) is 30.7 Å². The van der Waals surface area contributed by atoms with Gasteiger partial charge in [-0.3, -0.25) is 0 Å². The van der Waals surface area contributed by atoms with Gasteiger partial charge < -0.3 is 9.30 Å². The molecule has 0 spiro atoms. The lowest BCUT2D eigenvalue weighted by molar-refractivity contribution is 0.190. The van der Waals surface area contributed by atoms with Crippen LogP contribution >= 0.6 is 22.9 Å². The number of nitrogens with zero attached hydrogens (tertiary/aromatic N) is 2. The molecule has 0 fully saturated rings. The molecule has 0 amide bonds. The van der Waals surface area contributed by atoms with Gasteiger partial charge in [0.15, 0.2) is 4.80 Å². The number of benzene rings is 2. The second-order valence-electron chi connectivity index (χ2n) is 5.36. The van der Waals surface area contributed by atoms with Gasteiger partial charge in [0.05, 0.1) is 11.4 Å². The van der Waals surface area contributed by atoms with Crippen LogP contribution in [0.5, 0.6) is 0 Å². The van der Waals surface area contributed by atoms with Crippen LogP contribution < -0.4 is 4.80 Å². The SMILES string of the molecule is COCCCn1c(-c2ccc(Cl)cc2)csc1=Nc1ccccc1. The van der Waals surface area contributed by atoms with Crippen molar-refractivity contribution in [3.63, 3.8) is 0 Å². The first-order valence-corrected chi connectivity index (χ1v) is 9.06. The van der Waals surface area contributed by atoms with E-state index in [0.717, 1.165) is 46.3 Å². The van der Waals surface area contributed by atoms with Gasteiger partial charge in [-0.25, -0.2) is 4.99 Å². The summed E-state index contributed by atoms with van der Waals surface area (Å²) in [5.74, 6) is 0. The van der Waals surface area contributed by atoms with Crippen molar-refractivity contribution in [1.29, 1.82) is 0 Å². The lowest BCUT2D eigenvalue weighted by Crippen LogP contribution is -2.17. The maximum absolute atomic E-state index is 6.01. The summed E-state index contributed by atoms with van der Waals surface area (Å²) in [5.41, 5.74) is 3.26. The zero-order chi connectivity index (χ0) is 16.8. The summed E-state index contributed by atoms with van der Waals surface area (Å²) < 4.78 is 7.45. The van der Waals surface area contributed by atoms with Crippen LogP contribution in [0.4, 0.5) is 5.69 Å². The van der Waals surface area contributed by atoms with Gasteiger partial charge in [0.25, 0.3) is 0 Å². The Labute approximate surface area is 150 Å². The Balaban J connectivity index is 2.03. The van der Waals surface area contributed by atoms with E-state index < -0.39 is 0 Å². The van der Waals surface area contributed by atoms with E-state index in [0.29, 0.717) is 0 Å². The standard InChI is InChI=1S/C19H19ClN2OS/c1-23-13-5-12-22-18(15-8-10-16(20)11-9-15)14-24-19(22)21-17-6-3-2-4-7-17/h2-4,6-11,14H,5,12-13H2,1H3. The number of rotatable bonds is 6. The molecule has 0 aliphatic heterocycles. The van der Waals surface area contributed by atoms with Gasteiger partial charge in [-0.2, -0.15) is 0 Å². The first-order valence-electron chi connectivity index (χ1n) is 7.81. The topological polar surface area (TPSA) is 26.5 Å². The van der Waals surface area contributed by atoms with Crippen LogP contribution in [0.3, 0.4) is 0 Å². The summed E-state index contributed by atoms with van der Waals surface area (Å²) in [7, 11) is 1.73. The van der Waals surface area contributed by atoms with Crippen molar-refractivity contribution in [2.24, 2.45) is 4.99 Å². The van der Waals surface area contributed by atoms with Gasteiger partial charge in [0.1, 0.15) is 0 Å². The third-order valence-corrected chi connectivity index (χ3v) is 4.76. The van der Waals surface area contributed by atoms with Crippen LogP contribution in [0.15, 0.2) is 65.0 Å². The zero-order valence-corrected chi connectivity index (χ0v) is 15.1. The highest BCUT2D eigenvalue weighted by Gasteiger charge is 2.08. The van der Waals surface area contributed by atoms with E-state index in [9.17, 15) is 0 Å².